The Kier molecular flexibility index (Phi) is 2.51. The van der Waals surface area contributed by atoms with Gasteiger partial charge in [-0.2, -0.15) is 5.26 Å². The van der Waals surface area contributed by atoms with Gasteiger partial charge in [0, 0.05) is 5.33 Å². The summed E-state index contributed by atoms with van der Waals surface area (Å²) in [5, 5.41) is 9.38. The summed E-state index contributed by atoms with van der Waals surface area (Å²) in [4.78, 5) is 7.27. The molecule has 0 spiro atoms. The van der Waals surface area contributed by atoms with Crippen LogP contribution in [0.15, 0.2) is 18.5 Å². The molecule has 14 heavy (non-hydrogen) atoms. The van der Waals surface area contributed by atoms with Gasteiger partial charge in [0.15, 0.2) is 0 Å². The predicted molar refractivity (Wildman–Crippen MR) is 58.0 cm³/mol. The van der Waals surface area contributed by atoms with Crippen LogP contribution in [-0.2, 0) is 11.8 Å². The molecule has 1 heterocycles. The van der Waals surface area contributed by atoms with E-state index in [1.807, 2.05) is 12.1 Å². The Morgan fingerprint density at radius 2 is 2.36 bits per heavy atom. The summed E-state index contributed by atoms with van der Waals surface area (Å²) in [7, 11) is 0. The van der Waals surface area contributed by atoms with Gasteiger partial charge < -0.3 is 4.98 Å². The molecule has 0 radical (unpaired) electrons. The highest BCUT2D eigenvalue weighted by Gasteiger charge is 2.04. The first-order valence-electron chi connectivity index (χ1n) is 4.23. The molecule has 0 aliphatic carbocycles. The van der Waals surface area contributed by atoms with E-state index in [1.165, 1.54) is 0 Å². The molecule has 3 nitrogen and oxygen atoms in total. The van der Waals surface area contributed by atoms with Crippen molar-refractivity contribution in [1.29, 1.82) is 5.26 Å². The van der Waals surface area contributed by atoms with E-state index in [0.717, 1.165) is 27.5 Å². The van der Waals surface area contributed by atoms with Crippen LogP contribution in [-0.4, -0.2) is 9.97 Å². The number of aromatic nitrogens is 2. The molecule has 0 unspecified atom stereocenters. The Labute approximate surface area is 89.9 Å². The van der Waals surface area contributed by atoms with Crippen molar-refractivity contribution >= 4 is 27.0 Å². The van der Waals surface area contributed by atoms with E-state index in [1.54, 1.807) is 6.33 Å². The highest BCUT2D eigenvalue weighted by molar-refractivity contribution is 9.08. The number of halogens is 1. The molecule has 4 heteroatoms. The molecule has 0 aliphatic heterocycles. The van der Waals surface area contributed by atoms with Crippen LogP contribution < -0.4 is 0 Å². The van der Waals surface area contributed by atoms with Crippen molar-refractivity contribution in [2.75, 3.05) is 0 Å². The van der Waals surface area contributed by atoms with Gasteiger partial charge in [0.25, 0.3) is 0 Å². The van der Waals surface area contributed by atoms with Gasteiger partial charge >= 0.3 is 0 Å². The Morgan fingerprint density at radius 3 is 3.07 bits per heavy atom. The number of benzene rings is 1. The van der Waals surface area contributed by atoms with Gasteiger partial charge in [-0.25, -0.2) is 4.98 Å². The molecule has 0 fully saturated rings. The average molecular weight is 250 g/mol. The molecule has 2 rings (SSSR count). The highest BCUT2D eigenvalue weighted by atomic mass is 79.9. The second kappa shape index (κ2) is 3.81. The maximum Gasteiger partial charge on any atom is 0.0932 e. The zero-order valence-electron chi connectivity index (χ0n) is 7.42. The van der Waals surface area contributed by atoms with Crippen LogP contribution in [0.1, 0.15) is 11.1 Å². The van der Waals surface area contributed by atoms with Crippen LogP contribution in [0, 0.1) is 11.3 Å². The topological polar surface area (TPSA) is 52.5 Å². The summed E-state index contributed by atoms with van der Waals surface area (Å²) in [6.07, 6.45) is 2.11. The summed E-state index contributed by atoms with van der Waals surface area (Å²) >= 11 is 3.41. The minimum Gasteiger partial charge on any atom is -0.345 e. The van der Waals surface area contributed by atoms with Crippen molar-refractivity contribution in [1.82, 2.24) is 9.97 Å². The van der Waals surface area contributed by atoms with E-state index in [9.17, 15) is 0 Å². The van der Waals surface area contributed by atoms with Crippen LogP contribution in [0.5, 0.6) is 0 Å². The molecule has 2 aromatic rings. The Bertz CT molecular complexity index is 496. The van der Waals surface area contributed by atoms with Gasteiger partial charge in [-0.3, -0.25) is 0 Å². The first-order chi connectivity index (χ1) is 6.85. The number of rotatable bonds is 2. The molecule has 1 N–H and O–H groups in total. The Balaban J connectivity index is 2.62. The van der Waals surface area contributed by atoms with Gasteiger partial charge in [0.05, 0.1) is 29.9 Å². The smallest absolute Gasteiger partial charge is 0.0932 e. The second-order valence-electron chi connectivity index (χ2n) is 3.02. The molecule has 0 bridgehead atoms. The summed E-state index contributed by atoms with van der Waals surface area (Å²) in [6.45, 7) is 0. The van der Waals surface area contributed by atoms with Crippen LogP contribution in [0.2, 0.25) is 0 Å². The SMILES string of the molecule is N#CCc1cc(CBr)c2nc[nH]c2c1. The van der Waals surface area contributed by atoms with Gasteiger partial charge in [0.1, 0.15) is 0 Å². The lowest BCUT2D eigenvalue weighted by Crippen LogP contribution is -1.87. The fourth-order valence-corrected chi connectivity index (χ4v) is 1.91. The number of nitrogens with zero attached hydrogens (tertiary/aromatic N) is 2. The van der Waals surface area contributed by atoms with Gasteiger partial charge in [-0.1, -0.05) is 22.0 Å². The quantitative estimate of drug-likeness (QED) is 0.832. The molecular weight excluding hydrogens is 242 g/mol. The standard InChI is InChI=1S/C10H8BrN3/c11-5-8-3-7(1-2-12)4-9-10(8)14-6-13-9/h3-4,6H,1,5H2,(H,13,14). The summed E-state index contributed by atoms with van der Waals surface area (Å²) < 4.78 is 0. The number of fused-ring (bicyclic) bond motifs is 1. The lowest BCUT2D eigenvalue weighted by atomic mass is 10.1. The first-order valence-corrected chi connectivity index (χ1v) is 5.35. The van der Waals surface area contributed by atoms with Crippen molar-refractivity contribution in [3.05, 3.63) is 29.6 Å². The summed E-state index contributed by atoms with van der Waals surface area (Å²) in [5.74, 6) is 0. The number of hydrogen-bond acceptors (Lipinski definition) is 2. The van der Waals surface area contributed by atoms with E-state index >= 15 is 0 Å². The highest BCUT2D eigenvalue weighted by Crippen LogP contribution is 2.20. The lowest BCUT2D eigenvalue weighted by molar-refractivity contribution is 1.25. The predicted octanol–water partition coefficient (Wildman–Crippen LogP) is 2.52. The third kappa shape index (κ3) is 1.51. The van der Waals surface area contributed by atoms with Crippen molar-refractivity contribution in [2.24, 2.45) is 0 Å². The van der Waals surface area contributed by atoms with Crippen LogP contribution in [0.4, 0.5) is 0 Å². The fraction of sp³-hybridized carbons (Fsp3) is 0.200. The number of alkyl halides is 1. The van der Waals surface area contributed by atoms with Gasteiger partial charge in [-0.15, -0.1) is 0 Å². The monoisotopic (exact) mass is 249 g/mol. The number of nitriles is 1. The van der Waals surface area contributed by atoms with Gasteiger partial charge in [0.2, 0.25) is 0 Å². The zero-order chi connectivity index (χ0) is 9.97. The lowest BCUT2D eigenvalue weighted by Gasteiger charge is -2.00. The molecule has 1 aromatic carbocycles. The largest absolute Gasteiger partial charge is 0.345 e. The normalized spacial score (nSPS) is 10.3. The van der Waals surface area contributed by atoms with Crippen molar-refractivity contribution < 1.29 is 0 Å². The molecule has 0 atom stereocenters. The summed E-state index contributed by atoms with van der Waals surface area (Å²) in [6, 6.07) is 6.13. The Morgan fingerprint density at radius 1 is 1.50 bits per heavy atom. The Hall–Kier alpha value is -1.34. The zero-order valence-corrected chi connectivity index (χ0v) is 9.00. The van der Waals surface area contributed by atoms with Crippen molar-refractivity contribution in [3.8, 4) is 6.07 Å². The second-order valence-corrected chi connectivity index (χ2v) is 3.58. The maximum absolute atomic E-state index is 8.62. The first kappa shape index (κ1) is 9.22. The number of H-pyrrole nitrogens is 1. The number of hydrogen-bond donors (Lipinski definition) is 1. The fourth-order valence-electron chi connectivity index (χ4n) is 1.48. The molecule has 0 aliphatic rings. The molecule has 0 saturated carbocycles. The van der Waals surface area contributed by atoms with E-state index < -0.39 is 0 Å². The number of aromatic amines is 1. The van der Waals surface area contributed by atoms with Gasteiger partial charge in [-0.05, 0) is 17.2 Å². The molecular formula is C10H8BrN3. The third-order valence-electron chi connectivity index (χ3n) is 2.09. The van der Waals surface area contributed by atoms with Crippen LogP contribution in [0.25, 0.3) is 11.0 Å². The van der Waals surface area contributed by atoms with Crippen LogP contribution in [0.3, 0.4) is 0 Å². The van der Waals surface area contributed by atoms with E-state index in [2.05, 4.69) is 32.0 Å². The summed E-state index contributed by atoms with van der Waals surface area (Å²) in [5.41, 5.74) is 4.11. The molecule has 1 aromatic heterocycles. The molecule has 0 saturated heterocycles. The van der Waals surface area contributed by atoms with Crippen molar-refractivity contribution in [2.45, 2.75) is 11.8 Å². The molecule has 0 amide bonds. The minimum absolute atomic E-state index is 0.439. The average Bonchev–Trinajstić information content (AvgIpc) is 2.65. The van der Waals surface area contributed by atoms with E-state index in [4.69, 9.17) is 5.26 Å². The van der Waals surface area contributed by atoms with E-state index in [-0.39, 0.29) is 0 Å². The maximum atomic E-state index is 8.62. The minimum atomic E-state index is 0.439. The van der Waals surface area contributed by atoms with Crippen LogP contribution >= 0.6 is 15.9 Å². The number of imidazole rings is 1. The number of nitrogens with one attached hydrogen (secondary N) is 1. The van der Waals surface area contributed by atoms with Crippen molar-refractivity contribution in [3.63, 3.8) is 0 Å². The van der Waals surface area contributed by atoms with E-state index in [0.29, 0.717) is 6.42 Å². The molecule has 70 valence electrons. The third-order valence-corrected chi connectivity index (χ3v) is 2.69.